The predicted molar refractivity (Wildman–Crippen MR) is 116 cm³/mol. The number of amides is 1. The largest absolute Gasteiger partial charge is 0.452 e. The highest BCUT2D eigenvalue weighted by Gasteiger charge is 2.23. The van der Waals surface area contributed by atoms with Crippen molar-refractivity contribution < 1.29 is 24.0 Å². The van der Waals surface area contributed by atoms with E-state index in [2.05, 4.69) is 19.2 Å². The van der Waals surface area contributed by atoms with Crippen molar-refractivity contribution in [3.63, 3.8) is 0 Å². The zero-order valence-corrected chi connectivity index (χ0v) is 17.5. The van der Waals surface area contributed by atoms with Crippen molar-refractivity contribution in [3.05, 3.63) is 63.7 Å². The van der Waals surface area contributed by atoms with Crippen molar-refractivity contribution in [2.45, 2.75) is 19.8 Å². The number of ether oxygens (including phenoxy) is 2. The van der Waals surface area contributed by atoms with Crippen LogP contribution in [0.2, 0.25) is 0 Å². The van der Waals surface area contributed by atoms with Gasteiger partial charge in [0.1, 0.15) is 0 Å². The average Bonchev–Trinajstić information content (AvgIpc) is 2.78. The molecule has 0 aromatic heterocycles. The van der Waals surface area contributed by atoms with Crippen LogP contribution in [0.25, 0.3) is 0 Å². The molecule has 3 rings (SSSR count). The number of benzene rings is 2. The van der Waals surface area contributed by atoms with E-state index in [0.717, 1.165) is 5.56 Å². The van der Waals surface area contributed by atoms with Gasteiger partial charge in [0.2, 0.25) is 0 Å². The van der Waals surface area contributed by atoms with E-state index < -0.39 is 23.4 Å². The summed E-state index contributed by atoms with van der Waals surface area (Å²) in [5.41, 5.74) is 2.08. The minimum absolute atomic E-state index is 0.0465. The molecule has 0 aliphatic carbocycles. The van der Waals surface area contributed by atoms with Gasteiger partial charge in [0.25, 0.3) is 11.6 Å². The molecule has 9 heteroatoms. The highest BCUT2D eigenvalue weighted by Crippen LogP contribution is 2.27. The van der Waals surface area contributed by atoms with Crippen molar-refractivity contribution in [1.82, 2.24) is 0 Å². The molecule has 1 aliphatic heterocycles. The maximum Gasteiger partial charge on any atom is 0.341 e. The Bertz CT molecular complexity index is 952. The van der Waals surface area contributed by atoms with Gasteiger partial charge in [-0.1, -0.05) is 26.0 Å². The van der Waals surface area contributed by atoms with Crippen molar-refractivity contribution in [2.24, 2.45) is 0 Å². The zero-order valence-electron chi connectivity index (χ0n) is 17.5. The van der Waals surface area contributed by atoms with Crippen LogP contribution in [0.3, 0.4) is 0 Å². The number of hydrogen-bond donors (Lipinski definition) is 1. The molecule has 2 aromatic rings. The standard InChI is InChI=1S/C22H25N3O6/c1-15(2)16-3-5-17(6-4-16)23-21(26)14-31-22(27)19-13-18(25(28)29)7-8-20(19)24-9-11-30-12-10-24/h3-8,13,15H,9-12,14H2,1-2H3,(H,23,26). The molecule has 164 valence electrons. The number of nitro benzene ring substituents is 1. The third kappa shape index (κ3) is 5.79. The summed E-state index contributed by atoms with van der Waals surface area (Å²) < 4.78 is 10.5. The van der Waals surface area contributed by atoms with Gasteiger partial charge in [-0.25, -0.2) is 4.79 Å². The van der Waals surface area contributed by atoms with Crippen LogP contribution in [-0.4, -0.2) is 49.7 Å². The first-order valence-electron chi connectivity index (χ1n) is 10.0. The van der Waals surface area contributed by atoms with Gasteiger partial charge in [-0.3, -0.25) is 14.9 Å². The van der Waals surface area contributed by atoms with E-state index in [1.807, 2.05) is 17.0 Å². The Morgan fingerprint density at radius 3 is 2.45 bits per heavy atom. The molecule has 0 spiro atoms. The number of non-ortho nitro benzene ring substituents is 1. The summed E-state index contributed by atoms with van der Waals surface area (Å²) in [6.07, 6.45) is 0. The normalized spacial score (nSPS) is 13.7. The van der Waals surface area contributed by atoms with Gasteiger partial charge < -0.3 is 19.7 Å². The van der Waals surface area contributed by atoms with Gasteiger partial charge in [-0.15, -0.1) is 0 Å². The van der Waals surface area contributed by atoms with E-state index in [-0.39, 0.29) is 11.3 Å². The summed E-state index contributed by atoms with van der Waals surface area (Å²) in [5.74, 6) is -0.916. The molecule has 1 saturated heterocycles. The SMILES string of the molecule is CC(C)c1ccc(NC(=O)COC(=O)c2cc([N+](=O)[O-])ccc2N2CCOCC2)cc1. The first kappa shape index (κ1) is 22.2. The van der Waals surface area contributed by atoms with Gasteiger partial charge in [0.05, 0.1) is 29.4 Å². The number of rotatable bonds is 7. The van der Waals surface area contributed by atoms with Gasteiger partial charge in [0, 0.05) is 30.9 Å². The van der Waals surface area contributed by atoms with Crippen molar-refractivity contribution in [3.8, 4) is 0 Å². The van der Waals surface area contributed by atoms with Gasteiger partial charge in [-0.2, -0.15) is 0 Å². The van der Waals surface area contributed by atoms with Crippen molar-refractivity contribution in [1.29, 1.82) is 0 Å². The molecule has 0 radical (unpaired) electrons. The van der Waals surface area contributed by atoms with Crippen LogP contribution in [-0.2, 0) is 14.3 Å². The monoisotopic (exact) mass is 427 g/mol. The van der Waals surface area contributed by atoms with E-state index in [9.17, 15) is 19.7 Å². The zero-order chi connectivity index (χ0) is 22.4. The third-order valence-corrected chi connectivity index (χ3v) is 4.96. The Balaban J connectivity index is 1.67. The number of hydrogen-bond acceptors (Lipinski definition) is 7. The number of morpholine rings is 1. The lowest BCUT2D eigenvalue weighted by molar-refractivity contribution is -0.384. The first-order valence-corrected chi connectivity index (χ1v) is 10.0. The van der Waals surface area contributed by atoms with Crippen LogP contribution in [0.4, 0.5) is 17.1 Å². The number of nitrogens with one attached hydrogen (secondary N) is 1. The summed E-state index contributed by atoms with van der Waals surface area (Å²) in [5, 5.41) is 13.8. The lowest BCUT2D eigenvalue weighted by atomic mass is 10.0. The summed E-state index contributed by atoms with van der Waals surface area (Å²) in [4.78, 5) is 37.4. The van der Waals surface area contributed by atoms with Crippen LogP contribution in [0.5, 0.6) is 0 Å². The molecule has 1 N–H and O–H groups in total. The molecule has 0 atom stereocenters. The van der Waals surface area contributed by atoms with Crippen molar-refractivity contribution >= 4 is 28.9 Å². The number of esters is 1. The van der Waals surface area contributed by atoms with E-state index >= 15 is 0 Å². The topological polar surface area (TPSA) is 111 Å². The second kappa shape index (κ2) is 10.0. The minimum Gasteiger partial charge on any atom is -0.452 e. The Morgan fingerprint density at radius 1 is 1.16 bits per heavy atom. The molecular formula is C22H25N3O6. The molecular weight excluding hydrogens is 402 g/mol. The molecule has 0 bridgehead atoms. The lowest BCUT2D eigenvalue weighted by Crippen LogP contribution is -2.37. The number of nitro groups is 1. The molecule has 1 amide bonds. The van der Waals surface area contributed by atoms with Crippen LogP contribution in [0, 0.1) is 10.1 Å². The Hall–Kier alpha value is -3.46. The quantitative estimate of drug-likeness (QED) is 0.410. The highest BCUT2D eigenvalue weighted by molar-refractivity contribution is 5.99. The summed E-state index contributed by atoms with van der Waals surface area (Å²) in [7, 11) is 0. The lowest BCUT2D eigenvalue weighted by Gasteiger charge is -2.30. The molecule has 1 fully saturated rings. The molecule has 0 unspecified atom stereocenters. The van der Waals surface area contributed by atoms with Crippen LogP contribution in [0.15, 0.2) is 42.5 Å². The van der Waals surface area contributed by atoms with Crippen LogP contribution >= 0.6 is 0 Å². The van der Waals surface area contributed by atoms with Gasteiger partial charge in [-0.05, 0) is 29.7 Å². The molecule has 31 heavy (non-hydrogen) atoms. The first-order chi connectivity index (χ1) is 14.8. The van der Waals surface area contributed by atoms with E-state index in [1.54, 1.807) is 12.1 Å². The fourth-order valence-corrected chi connectivity index (χ4v) is 3.24. The van der Waals surface area contributed by atoms with Crippen LogP contribution < -0.4 is 10.2 Å². The maximum atomic E-state index is 12.7. The second-order valence-electron chi connectivity index (χ2n) is 7.46. The smallest absolute Gasteiger partial charge is 0.341 e. The highest BCUT2D eigenvalue weighted by atomic mass is 16.6. The Kier molecular flexibility index (Phi) is 7.19. The molecule has 9 nitrogen and oxygen atoms in total. The van der Waals surface area contributed by atoms with Crippen LogP contribution in [0.1, 0.15) is 35.7 Å². The van der Waals surface area contributed by atoms with Crippen molar-refractivity contribution in [2.75, 3.05) is 43.1 Å². The number of anilines is 2. The van der Waals surface area contributed by atoms with Gasteiger partial charge >= 0.3 is 5.97 Å². The number of nitrogens with zero attached hydrogens (tertiary/aromatic N) is 2. The molecule has 1 aliphatic rings. The maximum absolute atomic E-state index is 12.7. The molecule has 2 aromatic carbocycles. The fraction of sp³-hybridized carbons (Fsp3) is 0.364. The Morgan fingerprint density at radius 2 is 1.84 bits per heavy atom. The Labute approximate surface area is 180 Å². The molecule has 1 heterocycles. The predicted octanol–water partition coefficient (Wildman–Crippen LogP) is 3.35. The number of carbonyl (C=O) groups is 2. The minimum atomic E-state index is -0.796. The van der Waals surface area contributed by atoms with E-state index in [0.29, 0.717) is 43.6 Å². The molecule has 0 saturated carbocycles. The van der Waals surface area contributed by atoms with Gasteiger partial charge in [0.15, 0.2) is 6.61 Å². The van der Waals surface area contributed by atoms with E-state index in [4.69, 9.17) is 9.47 Å². The average molecular weight is 427 g/mol. The number of carbonyl (C=O) groups excluding carboxylic acids is 2. The summed E-state index contributed by atoms with van der Waals surface area (Å²) in [6, 6.07) is 11.5. The third-order valence-electron chi connectivity index (χ3n) is 4.96. The fourth-order valence-electron chi connectivity index (χ4n) is 3.24. The summed E-state index contributed by atoms with van der Waals surface area (Å²) in [6.45, 7) is 5.72. The summed E-state index contributed by atoms with van der Waals surface area (Å²) >= 11 is 0. The van der Waals surface area contributed by atoms with E-state index in [1.165, 1.54) is 18.2 Å². The second-order valence-corrected chi connectivity index (χ2v) is 7.46.